The standard InChI is InChI=1S/C13H12BrN3O/c14-10-3-4-11(15-6-10)13-16-5-9(7-18)12(17-13)8-1-2-8/h3-6,8,18H,1-2,7H2. The molecule has 2 aromatic rings. The molecule has 1 aliphatic carbocycles. The van der Waals surface area contributed by atoms with Crippen molar-refractivity contribution in [2.24, 2.45) is 0 Å². The lowest BCUT2D eigenvalue weighted by molar-refractivity contribution is 0.279. The van der Waals surface area contributed by atoms with Gasteiger partial charge in [-0.1, -0.05) is 0 Å². The number of nitrogens with zero attached hydrogens (tertiary/aromatic N) is 3. The van der Waals surface area contributed by atoms with Crippen molar-refractivity contribution in [2.45, 2.75) is 25.4 Å². The van der Waals surface area contributed by atoms with Crippen molar-refractivity contribution in [1.82, 2.24) is 15.0 Å². The Morgan fingerprint density at radius 1 is 1.22 bits per heavy atom. The SMILES string of the molecule is OCc1cnc(-c2ccc(Br)cn2)nc1C1CC1. The summed E-state index contributed by atoms with van der Waals surface area (Å²) < 4.78 is 0.931. The maximum atomic E-state index is 9.29. The van der Waals surface area contributed by atoms with Crippen LogP contribution in [-0.2, 0) is 6.61 Å². The molecule has 0 atom stereocenters. The Kier molecular flexibility index (Phi) is 3.09. The molecule has 0 unspecified atom stereocenters. The van der Waals surface area contributed by atoms with Crippen LogP contribution in [0.1, 0.15) is 30.0 Å². The van der Waals surface area contributed by atoms with Crippen LogP contribution in [0.15, 0.2) is 29.0 Å². The van der Waals surface area contributed by atoms with Gasteiger partial charge in [0.15, 0.2) is 5.82 Å². The van der Waals surface area contributed by atoms with E-state index in [9.17, 15) is 5.11 Å². The molecule has 2 aromatic heterocycles. The lowest BCUT2D eigenvalue weighted by Gasteiger charge is -2.07. The predicted octanol–water partition coefficient (Wildman–Crippen LogP) is 2.67. The highest BCUT2D eigenvalue weighted by atomic mass is 79.9. The average Bonchev–Trinajstić information content (AvgIpc) is 3.23. The topological polar surface area (TPSA) is 58.9 Å². The van der Waals surface area contributed by atoms with Gasteiger partial charge in [-0.05, 0) is 40.9 Å². The first-order valence-corrected chi connectivity index (χ1v) is 6.66. The van der Waals surface area contributed by atoms with Crippen LogP contribution in [-0.4, -0.2) is 20.1 Å². The fourth-order valence-electron chi connectivity index (χ4n) is 1.88. The van der Waals surface area contributed by atoms with Crippen LogP contribution >= 0.6 is 15.9 Å². The van der Waals surface area contributed by atoms with Crippen LogP contribution in [0, 0.1) is 0 Å². The maximum Gasteiger partial charge on any atom is 0.178 e. The number of aromatic nitrogens is 3. The number of aliphatic hydroxyl groups excluding tert-OH is 1. The number of aliphatic hydroxyl groups is 1. The highest BCUT2D eigenvalue weighted by Crippen LogP contribution is 2.40. The molecule has 1 fully saturated rings. The number of halogens is 1. The molecular formula is C13H12BrN3O. The Hall–Kier alpha value is -1.33. The summed E-state index contributed by atoms with van der Waals surface area (Å²) in [5.41, 5.74) is 2.56. The zero-order chi connectivity index (χ0) is 12.5. The largest absolute Gasteiger partial charge is 0.392 e. The van der Waals surface area contributed by atoms with Gasteiger partial charge in [0, 0.05) is 28.3 Å². The maximum absolute atomic E-state index is 9.29. The van der Waals surface area contributed by atoms with E-state index >= 15 is 0 Å². The van der Waals surface area contributed by atoms with Crippen molar-refractivity contribution < 1.29 is 5.11 Å². The fraction of sp³-hybridized carbons (Fsp3) is 0.308. The normalized spacial score (nSPS) is 14.8. The molecule has 4 nitrogen and oxygen atoms in total. The Labute approximate surface area is 113 Å². The smallest absolute Gasteiger partial charge is 0.178 e. The van der Waals surface area contributed by atoms with Crippen LogP contribution in [0.4, 0.5) is 0 Å². The van der Waals surface area contributed by atoms with Crippen LogP contribution in [0.25, 0.3) is 11.5 Å². The molecule has 0 radical (unpaired) electrons. The van der Waals surface area contributed by atoms with Crippen LogP contribution < -0.4 is 0 Å². The van der Waals surface area contributed by atoms with Gasteiger partial charge in [0.1, 0.15) is 5.69 Å². The molecule has 5 heteroatoms. The lowest BCUT2D eigenvalue weighted by atomic mass is 10.1. The van der Waals surface area contributed by atoms with E-state index in [0.29, 0.717) is 11.7 Å². The van der Waals surface area contributed by atoms with Crippen LogP contribution in [0.5, 0.6) is 0 Å². The van der Waals surface area contributed by atoms with Gasteiger partial charge in [0.25, 0.3) is 0 Å². The van der Waals surface area contributed by atoms with E-state index < -0.39 is 0 Å². The zero-order valence-electron chi connectivity index (χ0n) is 9.67. The zero-order valence-corrected chi connectivity index (χ0v) is 11.3. The first-order chi connectivity index (χ1) is 8.78. The van der Waals surface area contributed by atoms with Crippen LogP contribution in [0.2, 0.25) is 0 Å². The van der Waals surface area contributed by atoms with Gasteiger partial charge < -0.3 is 5.11 Å². The van der Waals surface area contributed by atoms with E-state index in [2.05, 4.69) is 30.9 Å². The third-order valence-electron chi connectivity index (χ3n) is 2.99. The van der Waals surface area contributed by atoms with Gasteiger partial charge in [0.2, 0.25) is 0 Å². The minimum atomic E-state index is -0.000119. The van der Waals surface area contributed by atoms with E-state index in [1.54, 1.807) is 12.4 Å². The predicted molar refractivity (Wildman–Crippen MR) is 70.9 cm³/mol. The second kappa shape index (κ2) is 4.74. The van der Waals surface area contributed by atoms with Gasteiger partial charge in [-0.2, -0.15) is 0 Å². The number of hydrogen-bond donors (Lipinski definition) is 1. The molecule has 18 heavy (non-hydrogen) atoms. The van der Waals surface area contributed by atoms with E-state index in [0.717, 1.165) is 34.3 Å². The molecule has 92 valence electrons. The molecule has 0 saturated heterocycles. The molecule has 1 aliphatic rings. The summed E-state index contributed by atoms with van der Waals surface area (Å²) in [5.74, 6) is 1.12. The molecule has 0 aromatic carbocycles. The van der Waals surface area contributed by atoms with Gasteiger partial charge >= 0.3 is 0 Å². The molecule has 0 spiro atoms. The Morgan fingerprint density at radius 2 is 2.06 bits per heavy atom. The molecule has 2 heterocycles. The number of rotatable bonds is 3. The molecule has 0 amide bonds. The second-order valence-electron chi connectivity index (χ2n) is 4.40. The molecule has 0 aliphatic heterocycles. The third-order valence-corrected chi connectivity index (χ3v) is 3.46. The van der Waals surface area contributed by atoms with Crippen molar-refractivity contribution in [3.05, 3.63) is 40.3 Å². The monoisotopic (exact) mass is 305 g/mol. The summed E-state index contributed by atoms with van der Waals surface area (Å²) in [5, 5.41) is 9.29. The van der Waals surface area contributed by atoms with Crippen LogP contribution in [0.3, 0.4) is 0 Å². The van der Waals surface area contributed by atoms with Crippen molar-refractivity contribution >= 4 is 15.9 Å². The van der Waals surface area contributed by atoms with Crippen molar-refractivity contribution in [1.29, 1.82) is 0 Å². The minimum Gasteiger partial charge on any atom is -0.392 e. The van der Waals surface area contributed by atoms with Crippen molar-refractivity contribution in [2.75, 3.05) is 0 Å². The summed E-state index contributed by atoms with van der Waals surface area (Å²) in [7, 11) is 0. The summed E-state index contributed by atoms with van der Waals surface area (Å²) >= 11 is 3.35. The first kappa shape index (κ1) is 11.7. The summed E-state index contributed by atoms with van der Waals surface area (Å²) in [6.45, 7) is -0.000119. The second-order valence-corrected chi connectivity index (χ2v) is 5.31. The molecular weight excluding hydrogens is 294 g/mol. The van der Waals surface area contributed by atoms with Gasteiger partial charge in [0.05, 0.1) is 12.3 Å². The molecule has 1 N–H and O–H groups in total. The van der Waals surface area contributed by atoms with E-state index in [1.165, 1.54) is 0 Å². The van der Waals surface area contributed by atoms with Gasteiger partial charge in [-0.15, -0.1) is 0 Å². The Balaban J connectivity index is 2.02. The number of pyridine rings is 1. The summed E-state index contributed by atoms with van der Waals surface area (Å²) in [6, 6.07) is 3.80. The van der Waals surface area contributed by atoms with Crippen molar-refractivity contribution in [3.8, 4) is 11.5 Å². The van der Waals surface area contributed by atoms with Gasteiger partial charge in [-0.25, -0.2) is 9.97 Å². The summed E-state index contributed by atoms with van der Waals surface area (Å²) in [6.07, 6.45) is 5.74. The van der Waals surface area contributed by atoms with Gasteiger partial charge in [-0.3, -0.25) is 4.98 Å². The molecule has 0 bridgehead atoms. The highest BCUT2D eigenvalue weighted by molar-refractivity contribution is 9.10. The third kappa shape index (κ3) is 2.28. The highest BCUT2D eigenvalue weighted by Gasteiger charge is 2.28. The van der Waals surface area contributed by atoms with E-state index in [-0.39, 0.29) is 6.61 Å². The fourth-order valence-corrected chi connectivity index (χ4v) is 2.12. The van der Waals surface area contributed by atoms with Crippen molar-refractivity contribution in [3.63, 3.8) is 0 Å². The average molecular weight is 306 g/mol. The quantitative estimate of drug-likeness (QED) is 0.947. The molecule has 3 rings (SSSR count). The first-order valence-electron chi connectivity index (χ1n) is 5.86. The Bertz CT molecular complexity index is 567. The minimum absolute atomic E-state index is 0.000119. The van der Waals surface area contributed by atoms with E-state index in [1.807, 2.05) is 12.1 Å². The molecule has 1 saturated carbocycles. The Morgan fingerprint density at radius 3 is 2.67 bits per heavy atom. The van der Waals surface area contributed by atoms with E-state index in [4.69, 9.17) is 0 Å². The summed E-state index contributed by atoms with van der Waals surface area (Å²) in [4.78, 5) is 13.1. The number of hydrogen-bond acceptors (Lipinski definition) is 4. The lowest BCUT2D eigenvalue weighted by Crippen LogP contribution is -2.01.